The summed E-state index contributed by atoms with van der Waals surface area (Å²) in [6.07, 6.45) is 4.22. The summed E-state index contributed by atoms with van der Waals surface area (Å²) >= 11 is 0. The summed E-state index contributed by atoms with van der Waals surface area (Å²) in [7, 11) is 0. The topological polar surface area (TPSA) is 61.4 Å². The minimum Gasteiger partial charge on any atom is -0.374 e. The number of carbonyl (C=O) groups excluding carboxylic acids is 1. The molecule has 4 nitrogen and oxygen atoms in total. The smallest absolute Gasteiger partial charge is 0.217 e. The van der Waals surface area contributed by atoms with Gasteiger partial charge in [-0.2, -0.15) is 0 Å². The summed E-state index contributed by atoms with van der Waals surface area (Å²) in [5.41, 5.74) is 2.58. The van der Waals surface area contributed by atoms with Crippen molar-refractivity contribution in [2.24, 2.45) is 0 Å². The highest BCUT2D eigenvalue weighted by atomic mass is 16.3. The Morgan fingerprint density at radius 1 is 1.47 bits per heavy atom. The molecule has 1 amide bonds. The van der Waals surface area contributed by atoms with Crippen LogP contribution in [0.15, 0.2) is 11.3 Å². The molecule has 0 aromatic rings. The highest BCUT2D eigenvalue weighted by Crippen LogP contribution is 2.30. The van der Waals surface area contributed by atoms with Crippen LogP contribution in [0, 0.1) is 0 Å². The Bertz CT molecular complexity index is 299. The number of aliphatic hydroxyl groups is 1. The van der Waals surface area contributed by atoms with Crippen molar-refractivity contribution in [3.05, 3.63) is 11.3 Å². The minimum absolute atomic E-state index is 0.0489. The molecule has 0 saturated heterocycles. The van der Waals surface area contributed by atoms with Crippen LogP contribution in [-0.4, -0.2) is 23.3 Å². The first-order valence-electron chi connectivity index (χ1n) is 5.58. The summed E-state index contributed by atoms with van der Waals surface area (Å²) in [6, 6.07) is 0.290. The molecule has 1 heterocycles. The van der Waals surface area contributed by atoms with Gasteiger partial charge in [-0.15, -0.1) is 0 Å². The Balaban J connectivity index is 1.98. The van der Waals surface area contributed by atoms with E-state index in [9.17, 15) is 9.90 Å². The van der Waals surface area contributed by atoms with E-state index in [4.69, 9.17) is 0 Å². The third-order valence-electron chi connectivity index (χ3n) is 3.13. The molecular formula is C11H18N2O2. The van der Waals surface area contributed by atoms with Crippen LogP contribution < -0.4 is 10.6 Å². The zero-order chi connectivity index (χ0) is 10.8. The van der Waals surface area contributed by atoms with Gasteiger partial charge in [-0.1, -0.05) is 0 Å². The van der Waals surface area contributed by atoms with Gasteiger partial charge in [-0.25, -0.2) is 0 Å². The standard InChI is InChI=1S/C11H18N2O2/c1-7(14)12-9-3-4-10-8(6-9)2-5-11(15)13-10/h9,11,13,15H,2-6H2,1H3,(H,12,14). The Hall–Kier alpha value is -1.03. The molecular weight excluding hydrogens is 192 g/mol. The van der Waals surface area contributed by atoms with Gasteiger partial charge in [0.1, 0.15) is 6.23 Å². The highest BCUT2D eigenvalue weighted by molar-refractivity contribution is 5.73. The van der Waals surface area contributed by atoms with Gasteiger partial charge in [-0.3, -0.25) is 4.79 Å². The Morgan fingerprint density at radius 3 is 3.00 bits per heavy atom. The summed E-state index contributed by atoms with van der Waals surface area (Å²) in [5.74, 6) is 0.0489. The van der Waals surface area contributed by atoms with Crippen LogP contribution >= 0.6 is 0 Å². The maximum Gasteiger partial charge on any atom is 0.217 e. The molecule has 2 atom stereocenters. The molecule has 0 aromatic carbocycles. The van der Waals surface area contributed by atoms with Gasteiger partial charge >= 0.3 is 0 Å². The molecule has 0 aromatic heterocycles. The minimum atomic E-state index is -0.374. The molecule has 0 spiro atoms. The van der Waals surface area contributed by atoms with Crippen molar-refractivity contribution in [1.82, 2.24) is 10.6 Å². The van der Waals surface area contributed by atoms with Gasteiger partial charge < -0.3 is 15.7 Å². The second kappa shape index (κ2) is 4.23. The first-order chi connectivity index (χ1) is 7.15. The number of aliphatic hydroxyl groups excluding tert-OH is 1. The predicted molar refractivity (Wildman–Crippen MR) is 56.9 cm³/mol. The fraction of sp³-hybridized carbons (Fsp3) is 0.727. The monoisotopic (exact) mass is 210 g/mol. The van der Waals surface area contributed by atoms with E-state index in [2.05, 4.69) is 10.6 Å². The van der Waals surface area contributed by atoms with Crippen LogP contribution in [0.1, 0.15) is 39.0 Å². The number of hydrogen-bond acceptors (Lipinski definition) is 3. The molecule has 0 fully saturated rings. The number of amides is 1. The first kappa shape index (κ1) is 10.5. The van der Waals surface area contributed by atoms with E-state index in [1.54, 1.807) is 6.92 Å². The van der Waals surface area contributed by atoms with Gasteiger partial charge in [0, 0.05) is 18.7 Å². The summed E-state index contributed by atoms with van der Waals surface area (Å²) < 4.78 is 0. The fourth-order valence-electron chi connectivity index (χ4n) is 2.44. The summed E-state index contributed by atoms with van der Waals surface area (Å²) in [6.45, 7) is 1.56. The maximum absolute atomic E-state index is 10.9. The number of nitrogens with one attached hydrogen (secondary N) is 2. The zero-order valence-corrected chi connectivity index (χ0v) is 9.05. The van der Waals surface area contributed by atoms with E-state index in [0.717, 1.165) is 32.1 Å². The molecule has 4 heteroatoms. The van der Waals surface area contributed by atoms with Crippen LogP contribution in [0.5, 0.6) is 0 Å². The maximum atomic E-state index is 10.9. The fourth-order valence-corrected chi connectivity index (χ4v) is 2.44. The molecule has 3 N–H and O–H groups in total. The molecule has 1 aliphatic heterocycles. The zero-order valence-electron chi connectivity index (χ0n) is 9.05. The van der Waals surface area contributed by atoms with Crippen LogP contribution in [0.3, 0.4) is 0 Å². The van der Waals surface area contributed by atoms with Crippen molar-refractivity contribution >= 4 is 5.91 Å². The van der Waals surface area contributed by atoms with Gasteiger partial charge in [0.05, 0.1) is 0 Å². The predicted octanol–water partition coefficient (Wildman–Crippen LogP) is 0.631. The second-order valence-corrected chi connectivity index (χ2v) is 4.42. The van der Waals surface area contributed by atoms with Crippen LogP contribution in [0.2, 0.25) is 0 Å². The third-order valence-corrected chi connectivity index (χ3v) is 3.13. The van der Waals surface area contributed by atoms with Crippen molar-refractivity contribution in [2.75, 3.05) is 0 Å². The summed E-state index contributed by atoms with van der Waals surface area (Å²) in [4.78, 5) is 10.9. The van der Waals surface area contributed by atoms with Crippen LogP contribution in [0.4, 0.5) is 0 Å². The van der Waals surface area contributed by atoms with Crippen molar-refractivity contribution in [3.63, 3.8) is 0 Å². The Morgan fingerprint density at radius 2 is 2.27 bits per heavy atom. The lowest BCUT2D eigenvalue weighted by Crippen LogP contribution is -2.40. The molecule has 1 aliphatic carbocycles. The number of rotatable bonds is 1. The lowest BCUT2D eigenvalue weighted by atomic mass is 9.87. The first-order valence-corrected chi connectivity index (χ1v) is 5.58. The quantitative estimate of drug-likeness (QED) is 0.595. The number of carbonyl (C=O) groups is 1. The normalized spacial score (nSPS) is 30.5. The molecule has 84 valence electrons. The highest BCUT2D eigenvalue weighted by Gasteiger charge is 2.25. The lowest BCUT2D eigenvalue weighted by Gasteiger charge is -2.33. The van der Waals surface area contributed by atoms with Gasteiger partial charge in [-0.05, 0) is 37.7 Å². The molecule has 0 bridgehead atoms. The molecule has 2 aliphatic rings. The van der Waals surface area contributed by atoms with Crippen LogP contribution in [-0.2, 0) is 4.79 Å². The van der Waals surface area contributed by atoms with Gasteiger partial charge in [0.2, 0.25) is 5.91 Å². The SMILES string of the molecule is CC(=O)NC1CCC2=C(CCC(O)N2)C1. The third kappa shape index (κ3) is 2.50. The average molecular weight is 210 g/mol. The van der Waals surface area contributed by atoms with Gasteiger partial charge in [0.25, 0.3) is 0 Å². The van der Waals surface area contributed by atoms with E-state index < -0.39 is 0 Å². The second-order valence-electron chi connectivity index (χ2n) is 4.42. The number of hydrogen-bond donors (Lipinski definition) is 3. The van der Waals surface area contributed by atoms with Crippen molar-refractivity contribution in [3.8, 4) is 0 Å². The van der Waals surface area contributed by atoms with Crippen LogP contribution in [0.25, 0.3) is 0 Å². The van der Waals surface area contributed by atoms with E-state index >= 15 is 0 Å². The summed E-state index contributed by atoms with van der Waals surface area (Å²) in [5, 5.41) is 15.5. The lowest BCUT2D eigenvalue weighted by molar-refractivity contribution is -0.119. The Labute approximate surface area is 89.7 Å². The molecule has 0 saturated carbocycles. The van der Waals surface area contributed by atoms with Gasteiger partial charge in [0.15, 0.2) is 0 Å². The van der Waals surface area contributed by atoms with Crippen molar-refractivity contribution < 1.29 is 9.90 Å². The largest absolute Gasteiger partial charge is 0.374 e. The van der Waals surface area contributed by atoms with E-state index in [0.29, 0.717) is 6.04 Å². The van der Waals surface area contributed by atoms with E-state index in [1.807, 2.05) is 0 Å². The van der Waals surface area contributed by atoms with Crippen molar-refractivity contribution in [2.45, 2.75) is 51.3 Å². The van der Waals surface area contributed by atoms with E-state index in [1.165, 1.54) is 11.3 Å². The number of allylic oxidation sites excluding steroid dienone is 1. The van der Waals surface area contributed by atoms with Crippen molar-refractivity contribution in [1.29, 1.82) is 0 Å². The molecule has 2 unspecified atom stereocenters. The van der Waals surface area contributed by atoms with E-state index in [-0.39, 0.29) is 12.1 Å². The Kier molecular flexibility index (Phi) is 2.95. The average Bonchev–Trinajstić information content (AvgIpc) is 2.17. The molecule has 2 rings (SSSR count). The molecule has 15 heavy (non-hydrogen) atoms. The molecule has 0 radical (unpaired) electrons.